The van der Waals surface area contributed by atoms with Gasteiger partial charge in [-0.15, -0.1) is 24.0 Å². The largest absolute Gasteiger partial charge is 0.357 e. The van der Waals surface area contributed by atoms with Crippen LogP contribution in [0.3, 0.4) is 0 Å². The first kappa shape index (κ1) is 28.4. The maximum absolute atomic E-state index is 11.9. The molecule has 168 valence electrons. The number of benzene rings is 1. The third-order valence-corrected chi connectivity index (χ3v) is 7.43. The SMILES string of the molecule is CCNC(=NCC(C)(C)S(C)(=O)=O)NCC(c1ccccc1Cl)N(CC)CC.I. The van der Waals surface area contributed by atoms with Crippen LogP contribution >= 0.6 is 35.6 Å². The fourth-order valence-electron chi connectivity index (χ4n) is 2.77. The summed E-state index contributed by atoms with van der Waals surface area (Å²) in [5.41, 5.74) is 1.06. The number of nitrogens with zero attached hydrogens (tertiary/aromatic N) is 2. The lowest BCUT2D eigenvalue weighted by Gasteiger charge is -2.31. The van der Waals surface area contributed by atoms with Gasteiger partial charge in [-0.2, -0.15) is 0 Å². The highest BCUT2D eigenvalue weighted by atomic mass is 127. The average Bonchev–Trinajstić information content (AvgIpc) is 2.62. The van der Waals surface area contributed by atoms with E-state index in [1.54, 1.807) is 13.8 Å². The Morgan fingerprint density at radius 3 is 2.24 bits per heavy atom. The van der Waals surface area contributed by atoms with Crippen molar-refractivity contribution in [3.05, 3.63) is 34.9 Å². The van der Waals surface area contributed by atoms with Gasteiger partial charge in [-0.05, 0) is 45.5 Å². The highest BCUT2D eigenvalue weighted by Gasteiger charge is 2.30. The summed E-state index contributed by atoms with van der Waals surface area (Å²) in [6.45, 7) is 12.9. The number of hydrogen-bond acceptors (Lipinski definition) is 4. The zero-order valence-corrected chi connectivity index (χ0v) is 22.2. The number of guanidine groups is 1. The van der Waals surface area contributed by atoms with E-state index in [-0.39, 0.29) is 36.6 Å². The third-order valence-electron chi connectivity index (χ3n) is 4.95. The summed E-state index contributed by atoms with van der Waals surface area (Å²) in [6.07, 6.45) is 1.25. The molecule has 0 heterocycles. The highest BCUT2D eigenvalue weighted by molar-refractivity contribution is 14.0. The standard InChI is InChI=1S/C20H35ClN4O2S.HI/c1-7-22-19(24-15-20(4,5)28(6,26)27)23-14-18(25(8-2)9-3)16-12-10-11-13-17(16)21;/h10-13,18H,7-9,14-15H2,1-6H3,(H2,22,23,24);1H. The molecule has 6 nitrogen and oxygen atoms in total. The smallest absolute Gasteiger partial charge is 0.191 e. The minimum Gasteiger partial charge on any atom is -0.357 e. The molecule has 0 aromatic heterocycles. The average molecular weight is 559 g/mol. The molecule has 0 radical (unpaired) electrons. The summed E-state index contributed by atoms with van der Waals surface area (Å²) in [5, 5.41) is 7.30. The zero-order valence-electron chi connectivity index (χ0n) is 18.3. The Kier molecular flexibility index (Phi) is 12.7. The van der Waals surface area contributed by atoms with Crippen LogP contribution in [0.2, 0.25) is 5.02 Å². The van der Waals surface area contributed by atoms with Gasteiger partial charge < -0.3 is 10.6 Å². The molecule has 0 saturated carbocycles. The van der Waals surface area contributed by atoms with Gasteiger partial charge >= 0.3 is 0 Å². The van der Waals surface area contributed by atoms with Crippen molar-refractivity contribution in [2.45, 2.75) is 45.4 Å². The van der Waals surface area contributed by atoms with Gasteiger partial charge in [0.25, 0.3) is 0 Å². The summed E-state index contributed by atoms with van der Waals surface area (Å²) < 4.78 is 23.0. The van der Waals surface area contributed by atoms with Crippen molar-refractivity contribution >= 4 is 51.4 Å². The fourth-order valence-corrected chi connectivity index (χ4v) is 3.33. The van der Waals surface area contributed by atoms with Crippen molar-refractivity contribution in [3.8, 4) is 0 Å². The number of aliphatic imine (C=N–C) groups is 1. The molecule has 1 atom stereocenters. The molecule has 0 bridgehead atoms. The van der Waals surface area contributed by atoms with Crippen molar-refractivity contribution in [1.82, 2.24) is 15.5 Å². The molecule has 9 heteroatoms. The van der Waals surface area contributed by atoms with Crippen molar-refractivity contribution in [2.75, 3.05) is 39.0 Å². The molecule has 0 fully saturated rings. The minimum atomic E-state index is -3.20. The van der Waals surface area contributed by atoms with Gasteiger partial charge in [-0.1, -0.05) is 43.6 Å². The molecule has 0 amide bonds. The molecule has 0 aliphatic rings. The molecule has 2 N–H and O–H groups in total. The third kappa shape index (κ3) is 8.59. The van der Waals surface area contributed by atoms with Crippen molar-refractivity contribution < 1.29 is 8.42 Å². The summed E-state index contributed by atoms with van der Waals surface area (Å²) in [7, 11) is -3.20. The van der Waals surface area contributed by atoms with Gasteiger partial charge in [0.2, 0.25) is 0 Å². The summed E-state index contributed by atoms with van der Waals surface area (Å²) in [6, 6.07) is 7.95. The second-order valence-corrected chi connectivity index (χ2v) is 10.4. The van der Waals surface area contributed by atoms with Crippen LogP contribution in [0.15, 0.2) is 29.3 Å². The highest BCUT2D eigenvalue weighted by Crippen LogP contribution is 2.27. The fraction of sp³-hybridized carbons (Fsp3) is 0.650. The van der Waals surface area contributed by atoms with Crippen LogP contribution < -0.4 is 10.6 Å². The van der Waals surface area contributed by atoms with Crippen LogP contribution in [0.25, 0.3) is 0 Å². The monoisotopic (exact) mass is 558 g/mol. The van der Waals surface area contributed by atoms with E-state index in [2.05, 4.69) is 34.4 Å². The van der Waals surface area contributed by atoms with Crippen LogP contribution in [-0.2, 0) is 9.84 Å². The Morgan fingerprint density at radius 1 is 1.17 bits per heavy atom. The van der Waals surface area contributed by atoms with E-state index in [9.17, 15) is 8.42 Å². The van der Waals surface area contributed by atoms with Crippen LogP contribution in [-0.4, -0.2) is 63.0 Å². The molecule has 0 aliphatic heterocycles. The Morgan fingerprint density at radius 2 is 1.76 bits per heavy atom. The minimum absolute atomic E-state index is 0. The van der Waals surface area contributed by atoms with E-state index >= 15 is 0 Å². The first-order valence-electron chi connectivity index (χ1n) is 9.77. The molecule has 1 aromatic rings. The van der Waals surface area contributed by atoms with Gasteiger partial charge in [0.05, 0.1) is 17.3 Å². The molecular formula is C20H36ClIN4O2S. The number of sulfone groups is 1. The summed E-state index contributed by atoms with van der Waals surface area (Å²) in [4.78, 5) is 6.85. The van der Waals surface area contributed by atoms with Crippen LogP contribution in [0.5, 0.6) is 0 Å². The van der Waals surface area contributed by atoms with Crippen molar-refractivity contribution in [1.29, 1.82) is 0 Å². The van der Waals surface area contributed by atoms with Gasteiger partial charge in [0.15, 0.2) is 15.8 Å². The van der Waals surface area contributed by atoms with E-state index in [4.69, 9.17) is 11.6 Å². The Bertz CT molecular complexity index is 753. The van der Waals surface area contributed by atoms with Gasteiger partial charge in [-0.3, -0.25) is 9.89 Å². The lowest BCUT2D eigenvalue weighted by Crippen LogP contribution is -2.44. The van der Waals surface area contributed by atoms with Crippen LogP contribution in [0, 0.1) is 0 Å². The Labute approximate surface area is 198 Å². The van der Waals surface area contributed by atoms with E-state index in [0.717, 1.165) is 23.7 Å². The molecule has 1 aromatic carbocycles. The van der Waals surface area contributed by atoms with Crippen LogP contribution in [0.1, 0.15) is 46.2 Å². The molecule has 0 spiro atoms. The predicted molar refractivity (Wildman–Crippen MR) is 135 cm³/mol. The van der Waals surface area contributed by atoms with E-state index in [1.165, 1.54) is 6.26 Å². The van der Waals surface area contributed by atoms with Gasteiger partial charge in [0, 0.05) is 24.4 Å². The number of rotatable bonds is 10. The number of nitrogens with one attached hydrogen (secondary N) is 2. The number of halogens is 2. The van der Waals surface area contributed by atoms with E-state index < -0.39 is 14.6 Å². The lowest BCUT2D eigenvalue weighted by atomic mass is 10.0. The van der Waals surface area contributed by atoms with E-state index in [0.29, 0.717) is 19.0 Å². The molecule has 29 heavy (non-hydrogen) atoms. The maximum atomic E-state index is 11.9. The van der Waals surface area contributed by atoms with Crippen LogP contribution in [0.4, 0.5) is 0 Å². The van der Waals surface area contributed by atoms with Crippen molar-refractivity contribution in [3.63, 3.8) is 0 Å². The summed E-state index contributed by atoms with van der Waals surface area (Å²) >= 11 is 6.46. The molecule has 0 saturated heterocycles. The molecular weight excluding hydrogens is 523 g/mol. The lowest BCUT2D eigenvalue weighted by molar-refractivity contribution is 0.219. The molecule has 0 aliphatic carbocycles. The maximum Gasteiger partial charge on any atom is 0.191 e. The Hall–Kier alpha value is -0.580. The normalized spacial score (nSPS) is 13.7. The number of hydrogen-bond donors (Lipinski definition) is 2. The zero-order chi connectivity index (χ0) is 21.4. The van der Waals surface area contributed by atoms with Crippen molar-refractivity contribution in [2.24, 2.45) is 4.99 Å². The quantitative estimate of drug-likeness (QED) is 0.260. The van der Waals surface area contributed by atoms with E-state index in [1.807, 2.05) is 31.2 Å². The predicted octanol–water partition coefficient (Wildman–Crippen LogP) is 3.72. The Balaban J connectivity index is 0.00000784. The molecule has 1 unspecified atom stereocenters. The summed E-state index contributed by atoms with van der Waals surface area (Å²) in [5.74, 6) is 0.600. The number of likely N-dealkylation sites (N-methyl/N-ethyl adjacent to an activating group) is 1. The first-order chi connectivity index (χ1) is 13.1. The molecule has 1 rings (SSSR count). The van der Waals surface area contributed by atoms with Gasteiger partial charge in [-0.25, -0.2) is 8.42 Å². The topological polar surface area (TPSA) is 73.8 Å². The first-order valence-corrected chi connectivity index (χ1v) is 12.0. The second-order valence-electron chi connectivity index (χ2n) is 7.37. The second kappa shape index (κ2) is 13.0. The van der Waals surface area contributed by atoms with Gasteiger partial charge in [0.1, 0.15) is 0 Å².